The number of hydrogen-bond acceptors (Lipinski definition) is 4. The summed E-state index contributed by atoms with van der Waals surface area (Å²) in [5.41, 5.74) is 9.03. The molecule has 1 fully saturated rings. The van der Waals surface area contributed by atoms with E-state index in [-0.39, 0.29) is 17.9 Å². The summed E-state index contributed by atoms with van der Waals surface area (Å²) in [6.45, 7) is 5.94. The fraction of sp³-hybridized carbons (Fsp3) is 0.350. The molecule has 1 aliphatic rings. The van der Waals surface area contributed by atoms with Crippen molar-refractivity contribution in [2.75, 3.05) is 5.73 Å². The van der Waals surface area contributed by atoms with Gasteiger partial charge in [0, 0.05) is 35.1 Å². The zero-order valence-electron chi connectivity index (χ0n) is 14.9. The maximum Gasteiger partial charge on any atom is 0.223 e. The first-order valence-corrected chi connectivity index (χ1v) is 8.65. The van der Waals surface area contributed by atoms with Crippen molar-refractivity contribution in [3.63, 3.8) is 0 Å². The number of anilines is 1. The second-order valence-electron chi connectivity index (χ2n) is 6.61. The molecule has 1 amide bonds. The van der Waals surface area contributed by atoms with E-state index in [2.05, 4.69) is 15.3 Å². The van der Waals surface area contributed by atoms with E-state index in [1.165, 1.54) is 0 Å². The van der Waals surface area contributed by atoms with Crippen LogP contribution in [0.1, 0.15) is 32.3 Å². The smallest absolute Gasteiger partial charge is 0.223 e. The van der Waals surface area contributed by atoms with Crippen molar-refractivity contribution < 1.29 is 4.79 Å². The number of carbonyl (C=O) groups is 1. The molecule has 0 saturated heterocycles. The lowest BCUT2D eigenvalue weighted by Gasteiger charge is -2.10. The minimum Gasteiger partial charge on any atom is -0.383 e. The van der Waals surface area contributed by atoms with Crippen LogP contribution in [0.3, 0.4) is 0 Å². The number of nitrogen functional groups attached to an aromatic ring is 1. The van der Waals surface area contributed by atoms with Gasteiger partial charge in [0.2, 0.25) is 5.91 Å². The Balaban J connectivity index is 2.03. The van der Waals surface area contributed by atoms with Crippen LogP contribution in [0.15, 0.2) is 24.5 Å². The minimum atomic E-state index is -0.0727. The predicted octanol–water partition coefficient (Wildman–Crippen LogP) is 1.53. The van der Waals surface area contributed by atoms with Crippen molar-refractivity contribution >= 4 is 23.9 Å². The van der Waals surface area contributed by atoms with Gasteiger partial charge in [-0.15, -0.1) is 0 Å². The third-order valence-corrected chi connectivity index (χ3v) is 4.47. The molecule has 5 heteroatoms. The molecule has 3 N–H and O–H groups in total. The monoisotopic (exact) mass is 336 g/mol. The van der Waals surface area contributed by atoms with Gasteiger partial charge in [-0.1, -0.05) is 12.2 Å². The SMILES string of the molecule is C/C=c1/c(N)nc(-c2cnccc2C)c/c1=C/C(C)NC(=O)C1CC1. The van der Waals surface area contributed by atoms with E-state index in [9.17, 15) is 4.79 Å². The van der Waals surface area contributed by atoms with Crippen molar-refractivity contribution in [3.05, 3.63) is 40.5 Å². The van der Waals surface area contributed by atoms with Crippen LogP contribution in [0.25, 0.3) is 23.4 Å². The summed E-state index contributed by atoms with van der Waals surface area (Å²) in [6, 6.07) is 3.89. The molecule has 130 valence electrons. The molecule has 0 aliphatic heterocycles. The van der Waals surface area contributed by atoms with Crippen LogP contribution in [0.2, 0.25) is 0 Å². The summed E-state index contributed by atoms with van der Waals surface area (Å²) in [5.74, 6) is 0.815. The Kier molecular flexibility index (Phi) is 4.83. The van der Waals surface area contributed by atoms with Gasteiger partial charge in [0.15, 0.2) is 0 Å². The van der Waals surface area contributed by atoms with E-state index >= 15 is 0 Å². The Morgan fingerprint density at radius 1 is 1.44 bits per heavy atom. The van der Waals surface area contributed by atoms with Crippen molar-refractivity contribution in [3.8, 4) is 11.3 Å². The van der Waals surface area contributed by atoms with Gasteiger partial charge in [0.25, 0.3) is 0 Å². The molecular weight excluding hydrogens is 312 g/mol. The molecule has 1 saturated carbocycles. The van der Waals surface area contributed by atoms with Crippen molar-refractivity contribution in [1.82, 2.24) is 15.3 Å². The van der Waals surface area contributed by atoms with Gasteiger partial charge in [0.05, 0.1) is 5.69 Å². The summed E-state index contributed by atoms with van der Waals surface area (Å²) in [5, 5.41) is 4.91. The number of aromatic nitrogens is 2. The molecule has 1 atom stereocenters. The summed E-state index contributed by atoms with van der Waals surface area (Å²) >= 11 is 0. The van der Waals surface area contributed by atoms with E-state index in [4.69, 9.17) is 5.73 Å². The van der Waals surface area contributed by atoms with Gasteiger partial charge >= 0.3 is 0 Å². The molecule has 0 aromatic carbocycles. The lowest BCUT2D eigenvalue weighted by Crippen LogP contribution is -2.36. The molecule has 0 spiro atoms. The van der Waals surface area contributed by atoms with Crippen LogP contribution in [0, 0.1) is 12.8 Å². The normalized spacial score (nSPS) is 16.8. The Morgan fingerprint density at radius 3 is 2.84 bits per heavy atom. The average molecular weight is 336 g/mol. The zero-order chi connectivity index (χ0) is 18.0. The number of pyridine rings is 2. The molecule has 1 aliphatic carbocycles. The van der Waals surface area contributed by atoms with Crippen molar-refractivity contribution in [2.45, 2.75) is 39.7 Å². The van der Waals surface area contributed by atoms with E-state index in [0.29, 0.717) is 5.82 Å². The number of hydrogen-bond donors (Lipinski definition) is 2. The van der Waals surface area contributed by atoms with E-state index in [1.807, 2.05) is 45.1 Å². The van der Waals surface area contributed by atoms with Crippen LogP contribution < -0.4 is 21.5 Å². The molecule has 1 unspecified atom stereocenters. The van der Waals surface area contributed by atoms with Gasteiger partial charge in [-0.05, 0) is 56.5 Å². The quantitative estimate of drug-likeness (QED) is 0.887. The largest absolute Gasteiger partial charge is 0.383 e. The summed E-state index contributed by atoms with van der Waals surface area (Å²) < 4.78 is 0. The zero-order valence-corrected chi connectivity index (χ0v) is 14.9. The molecule has 2 aromatic heterocycles. The fourth-order valence-electron chi connectivity index (χ4n) is 2.92. The minimum absolute atomic E-state index is 0.0727. The predicted molar refractivity (Wildman–Crippen MR) is 101 cm³/mol. The Labute approximate surface area is 147 Å². The molecule has 3 rings (SSSR count). The number of amides is 1. The third-order valence-electron chi connectivity index (χ3n) is 4.47. The first-order chi connectivity index (χ1) is 12.0. The highest BCUT2D eigenvalue weighted by Gasteiger charge is 2.29. The second-order valence-corrected chi connectivity index (χ2v) is 6.61. The van der Waals surface area contributed by atoms with Gasteiger partial charge in [-0.2, -0.15) is 0 Å². The summed E-state index contributed by atoms with van der Waals surface area (Å²) in [6.07, 6.45) is 9.54. The van der Waals surface area contributed by atoms with Crippen LogP contribution in [-0.2, 0) is 4.79 Å². The number of nitrogens with zero attached hydrogens (tertiary/aromatic N) is 2. The Bertz CT molecular complexity index is 916. The van der Waals surface area contributed by atoms with Gasteiger partial charge < -0.3 is 11.1 Å². The number of carbonyl (C=O) groups excluding carboxylic acids is 1. The third kappa shape index (κ3) is 3.87. The lowest BCUT2D eigenvalue weighted by molar-refractivity contribution is -0.122. The van der Waals surface area contributed by atoms with Crippen LogP contribution in [0.4, 0.5) is 5.82 Å². The molecule has 2 aromatic rings. The van der Waals surface area contributed by atoms with Gasteiger partial charge in [-0.3, -0.25) is 9.78 Å². The standard InChI is InChI=1S/C20H24N4O/c1-4-16-15(9-13(3)23-20(25)14-5-6-14)10-18(24-19(16)21)17-11-22-8-7-12(17)2/h4,7-11,13-14H,5-6H2,1-3H3,(H2,21,24)(H,23,25)/b15-9-,16-4+. The average Bonchev–Trinajstić information content (AvgIpc) is 3.40. The molecule has 5 nitrogen and oxygen atoms in total. The van der Waals surface area contributed by atoms with E-state index in [1.54, 1.807) is 12.4 Å². The second kappa shape index (κ2) is 7.05. The number of aryl methyl sites for hydroxylation is 1. The van der Waals surface area contributed by atoms with E-state index in [0.717, 1.165) is 40.1 Å². The lowest BCUT2D eigenvalue weighted by atomic mass is 10.1. The van der Waals surface area contributed by atoms with E-state index < -0.39 is 0 Å². The molecule has 25 heavy (non-hydrogen) atoms. The maximum absolute atomic E-state index is 12.0. The summed E-state index contributed by atoms with van der Waals surface area (Å²) in [7, 11) is 0. The number of rotatable bonds is 4. The van der Waals surface area contributed by atoms with Crippen LogP contribution in [-0.4, -0.2) is 21.9 Å². The van der Waals surface area contributed by atoms with Crippen LogP contribution in [0.5, 0.6) is 0 Å². The molecule has 2 heterocycles. The highest BCUT2D eigenvalue weighted by Crippen LogP contribution is 2.28. The van der Waals surface area contributed by atoms with Gasteiger partial charge in [0.1, 0.15) is 5.82 Å². The maximum atomic E-state index is 12.0. The first-order valence-electron chi connectivity index (χ1n) is 8.65. The van der Waals surface area contributed by atoms with Crippen molar-refractivity contribution in [1.29, 1.82) is 0 Å². The number of nitrogens with two attached hydrogens (primary N) is 1. The van der Waals surface area contributed by atoms with Crippen molar-refractivity contribution in [2.24, 2.45) is 5.92 Å². The molecular formula is C20H24N4O. The Hall–Kier alpha value is -2.69. The molecule has 0 radical (unpaired) electrons. The highest BCUT2D eigenvalue weighted by atomic mass is 16.2. The highest BCUT2D eigenvalue weighted by molar-refractivity contribution is 5.81. The first kappa shape index (κ1) is 17.1. The molecule has 0 bridgehead atoms. The topological polar surface area (TPSA) is 80.9 Å². The van der Waals surface area contributed by atoms with Crippen LogP contribution >= 0.6 is 0 Å². The Morgan fingerprint density at radius 2 is 2.20 bits per heavy atom. The fourth-order valence-corrected chi connectivity index (χ4v) is 2.92. The van der Waals surface area contributed by atoms with Gasteiger partial charge in [-0.25, -0.2) is 4.98 Å². The number of nitrogens with one attached hydrogen (secondary N) is 1. The summed E-state index contributed by atoms with van der Waals surface area (Å²) in [4.78, 5) is 20.7.